The smallest absolute Gasteiger partial charge is 0.407 e. The standard InChI is InChI=1S/C33H44N4O10/c1-6-20(2)28(19-47-32(41)36-22(4)29(38)43-5)37-33(42)44-16-15-34-30(39)45-17-21(3)35-31(40)46-18-27-25-13-9-7-11-23(25)24-12-8-10-14-26(24)27/h7-14,20-22,27-28H,6,15-19H2,1-5H3,(H,34,39)(H,35,40)(H,36,41)(H,37,42)/t20-,21-,22-,28+/m0/s1. The molecule has 1 aliphatic rings. The second kappa shape index (κ2) is 18.2. The zero-order valence-electron chi connectivity index (χ0n) is 27.3. The summed E-state index contributed by atoms with van der Waals surface area (Å²) in [6, 6.07) is 14.1. The molecule has 0 saturated carbocycles. The maximum atomic E-state index is 12.5. The number of alkyl carbamates (subject to hydrolysis) is 4. The Bertz CT molecular complexity index is 1340. The number of hydrogen-bond acceptors (Lipinski definition) is 10. The molecular formula is C33H44N4O10. The molecule has 0 aliphatic heterocycles. The fourth-order valence-electron chi connectivity index (χ4n) is 4.88. The van der Waals surface area contributed by atoms with Crippen LogP contribution in [0.5, 0.6) is 0 Å². The van der Waals surface area contributed by atoms with Crippen molar-refractivity contribution in [2.24, 2.45) is 5.92 Å². The van der Waals surface area contributed by atoms with Gasteiger partial charge in [-0.15, -0.1) is 0 Å². The number of ether oxygens (including phenoxy) is 5. The Labute approximate surface area is 274 Å². The minimum atomic E-state index is -0.896. The zero-order valence-corrected chi connectivity index (χ0v) is 27.3. The van der Waals surface area contributed by atoms with Gasteiger partial charge in [0.2, 0.25) is 0 Å². The molecule has 0 fully saturated rings. The highest BCUT2D eigenvalue weighted by Gasteiger charge is 2.29. The monoisotopic (exact) mass is 656 g/mol. The van der Waals surface area contributed by atoms with Gasteiger partial charge in [-0.2, -0.15) is 0 Å². The van der Waals surface area contributed by atoms with Gasteiger partial charge in [0.05, 0.1) is 25.7 Å². The molecule has 0 heterocycles. The van der Waals surface area contributed by atoms with Gasteiger partial charge in [0.15, 0.2) is 0 Å². The van der Waals surface area contributed by atoms with Crippen molar-refractivity contribution in [1.29, 1.82) is 0 Å². The fourth-order valence-corrected chi connectivity index (χ4v) is 4.88. The van der Waals surface area contributed by atoms with Crippen molar-refractivity contribution < 1.29 is 47.7 Å². The highest BCUT2D eigenvalue weighted by Crippen LogP contribution is 2.44. The topological polar surface area (TPSA) is 180 Å². The molecule has 2 aromatic rings. The molecule has 4 atom stereocenters. The molecule has 0 saturated heterocycles. The lowest BCUT2D eigenvalue weighted by Gasteiger charge is -2.24. The van der Waals surface area contributed by atoms with Gasteiger partial charge in [-0.3, -0.25) is 0 Å². The van der Waals surface area contributed by atoms with Crippen molar-refractivity contribution in [3.05, 3.63) is 59.7 Å². The van der Waals surface area contributed by atoms with Crippen molar-refractivity contribution in [1.82, 2.24) is 21.3 Å². The van der Waals surface area contributed by atoms with Crippen LogP contribution in [0.25, 0.3) is 11.1 Å². The van der Waals surface area contributed by atoms with Gasteiger partial charge >= 0.3 is 30.3 Å². The van der Waals surface area contributed by atoms with Crippen LogP contribution in [0.1, 0.15) is 51.2 Å². The van der Waals surface area contributed by atoms with Gasteiger partial charge < -0.3 is 45.0 Å². The predicted molar refractivity (Wildman–Crippen MR) is 171 cm³/mol. The summed E-state index contributed by atoms with van der Waals surface area (Å²) < 4.78 is 25.5. The van der Waals surface area contributed by atoms with E-state index in [1.807, 2.05) is 50.2 Å². The van der Waals surface area contributed by atoms with Gasteiger partial charge in [0.25, 0.3) is 0 Å². The van der Waals surface area contributed by atoms with E-state index in [0.717, 1.165) is 22.3 Å². The first kappa shape index (κ1) is 36.5. The third kappa shape index (κ3) is 11.1. The number of amides is 4. The molecule has 1 aliphatic carbocycles. The number of carbonyl (C=O) groups is 5. The SMILES string of the molecule is CC[C@H](C)[C@@H](COC(=O)N[C@@H](C)C(=O)OC)NC(=O)OCCNC(=O)OC[C@H](C)NC(=O)OCC1c2ccccc2-c2ccccc21. The van der Waals surface area contributed by atoms with Crippen LogP contribution in [-0.2, 0) is 28.5 Å². The summed E-state index contributed by atoms with van der Waals surface area (Å²) in [7, 11) is 1.20. The predicted octanol–water partition coefficient (Wildman–Crippen LogP) is 4.07. The van der Waals surface area contributed by atoms with E-state index in [0.29, 0.717) is 6.42 Å². The second-order valence-corrected chi connectivity index (χ2v) is 11.2. The van der Waals surface area contributed by atoms with E-state index in [9.17, 15) is 24.0 Å². The number of benzene rings is 2. The highest BCUT2D eigenvalue weighted by molar-refractivity contribution is 5.81. The number of hydrogen-bond donors (Lipinski definition) is 4. The lowest BCUT2D eigenvalue weighted by molar-refractivity contribution is -0.142. The average molecular weight is 657 g/mol. The molecule has 0 bridgehead atoms. The number of esters is 1. The van der Waals surface area contributed by atoms with Crippen LogP contribution >= 0.6 is 0 Å². The van der Waals surface area contributed by atoms with E-state index >= 15 is 0 Å². The summed E-state index contributed by atoms with van der Waals surface area (Å²) in [4.78, 5) is 60.3. The summed E-state index contributed by atoms with van der Waals surface area (Å²) >= 11 is 0. The van der Waals surface area contributed by atoms with Crippen molar-refractivity contribution in [3.8, 4) is 11.1 Å². The van der Waals surface area contributed by atoms with Crippen LogP contribution in [-0.4, -0.2) is 88.5 Å². The zero-order chi connectivity index (χ0) is 34.3. The van der Waals surface area contributed by atoms with E-state index in [1.165, 1.54) is 14.0 Å². The molecule has 14 nitrogen and oxygen atoms in total. The molecule has 4 amide bonds. The fraction of sp³-hybridized carbons (Fsp3) is 0.485. The highest BCUT2D eigenvalue weighted by atomic mass is 16.6. The van der Waals surface area contributed by atoms with E-state index in [4.69, 9.17) is 18.9 Å². The Morgan fingerprint density at radius 1 is 0.723 bits per heavy atom. The number of carbonyl (C=O) groups excluding carboxylic acids is 5. The van der Waals surface area contributed by atoms with Crippen molar-refractivity contribution >= 4 is 30.3 Å². The summed E-state index contributed by atoms with van der Waals surface area (Å²) in [6.45, 7) is 6.61. The van der Waals surface area contributed by atoms with Crippen molar-refractivity contribution in [3.63, 3.8) is 0 Å². The molecule has 2 aromatic carbocycles. The molecule has 3 rings (SSSR count). The molecule has 0 unspecified atom stereocenters. The minimum Gasteiger partial charge on any atom is -0.467 e. The average Bonchev–Trinajstić information content (AvgIpc) is 3.39. The number of rotatable bonds is 15. The number of methoxy groups -OCH3 is 1. The molecule has 4 N–H and O–H groups in total. The summed E-state index contributed by atoms with van der Waals surface area (Å²) in [5.74, 6) is -0.761. The van der Waals surface area contributed by atoms with Gasteiger partial charge in [-0.05, 0) is 42.0 Å². The Morgan fingerprint density at radius 3 is 1.91 bits per heavy atom. The molecule has 0 aromatic heterocycles. The summed E-state index contributed by atoms with van der Waals surface area (Å²) in [6.07, 6.45) is -2.31. The third-order valence-corrected chi connectivity index (χ3v) is 7.69. The van der Waals surface area contributed by atoms with Crippen LogP contribution in [0.3, 0.4) is 0 Å². The van der Waals surface area contributed by atoms with Gasteiger partial charge in [0, 0.05) is 5.92 Å². The van der Waals surface area contributed by atoms with Crippen LogP contribution in [0.15, 0.2) is 48.5 Å². The molecule has 0 radical (unpaired) electrons. The Morgan fingerprint density at radius 2 is 1.30 bits per heavy atom. The van der Waals surface area contributed by atoms with Gasteiger partial charge in [0.1, 0.15) is 32.5 Å². The Kier molecular flexibility index (Phi) is 14.1. The summed E-state index contributed by atoms with van der Waals surface area (Å²) in [5, 5.41) is 10.1. The molecule has 14 heteroatoms. The van der Waals surface area contributed by atoms with E-state index in [1.54, 1.807) is 6.92 Å². The van der Waals surface area contributed by atoms with Gasteiger partial charge in [-0.1, -0.05) is 68.8 Å². The lowest BCUT2D eigenvalue weighted by atomic mass is 9.98. The number of nitrogens with one attached hydrogen (secondary N) is 4. The third-order valence-electron chi connectivity index (χ3n) is 7.69. The van der Waals surface area contributed by atoms with E-state index in [-0.39, 0.29) is 44.8 Å². The largest absolute Gasteiger partial charge is 0.467 e. The van der Waals surface area contributed by atoms with Crippen LogP contribution in [0, 0.1) is 5.92 Å². The van der Waals surface area contributed by atoms with E-state index in [2.05, 4.69) is 38.1 Å². The van der Waals surface area contributed by atoms with Crippen molar-refractivity contribution in [2.45, 2.75) is 58.2 Å². The van der Waals surface area contributed by atoms with Crippen LogP contribution in [0.4, 0.5) is 19.2 Å². The number of fused-ring (bicyclic) bond motifs is 3. The first-order chi connectivity index (χ1) is 22.5. The minimum absolute atomic E-state index is 0.0290. The normalized spacial score (nSPS) is 14.1. The van der Waals surface area contributed by atoms with Crippen molar-refractivity contribution in [2.75, 3.05) is 40.1 Å². The molecule has 47 heavy (non-hydrogen) atoms. The first-order valence-corrected chi connectivity index (χ1v) is 15.5. The maximum absolute atomic E-state index is 12.5. The second-order valence-electron chi connectivity index (χ2n) is 11.2. The molecule has 0 spiro atoms. The molecular weight excluding hydrogens is 612 g/mol. The quantitative estimate of drug-likeness (QED) is 0.124. The maximum Gasteiger partial charge on any atom is 0.407 e. The molecule has 256 valence electrons. The Hall–Kier alpha value is -5.01. The van der Waals surface area contributed by atoms with E-state index < -0.39 is 48.5 Å². The van der Waals surface area contributed by atoms with Gasteiger partial charge in [-0.25, -0.2) is 24.0 Å². The first-order valence-electron chi connectivity index (χ1n) is 15.5. The summed E-state index contributed by atoms with van der Waals surface area (Å²) in [5.41, 5.74) is 4.47. The van der Waals surface area contributed by atoms with Crippen LogP contribution < -0.4 is 21.3 Å². The Balaban J connectivity index is 1.30. The van der Waals surface area contributed by atoms with Crippen LogP contribution in [0.2, 0.25) is 0 Å². The lowest BCUT2D eigenvalue weighted by Crippen LogP contribution is -2.46.